The molecule has 0 aliphatic carbocycles. The Labute approximate surface area is 75.3 Å². The molecule has 1 aromatic rings. The lowest BCUT2D eigenvalue weighted by Gasteiger charge is -2.08. The highest BCUT2D eigenvalue weighted by atomic mass is 19.1. The topological polar surface area (TPSA) is 35.2 Å². The van der Waals surface area contributed by atoms with E-state index in [1.54, 1.807) is 6.07 Å². The lowest BCUT2D eigenvalue weighted by atomic mass is 10.2. The van der Waals surface area contributed by atoms with Crippen LogP contribution in [0, 0.1) is 5.82 Å². The molecular formula is C9H11F2NO. The third-order valence-corrected chi connectivity index (χ3v) is 1.61. The van der Waals surface area contributed by atoms with E-state index >= 15 is 0 Å². The molecule has 0 aromatic heterocycles. The number of hydrogen-bond donors (Lipinski definition) is 1. The van der Waals surface area contributed by atoms with Crippen molar-refractivity contribution in [3.63, 3.8) is 0 Å². The maximum Gasteiger partial charge on any atom is 0.131 e. The summed E-state index contributed by atoms with van der Waals surface area (Å²) < 4.78 is 29.8. The zero-order chi connectivity index (χ0) is 9.68. The van der Waals surface area contributed by atoms with Gasteiger partial charge in [0.25, 0.3) is 0 Å². The average Bonchev–Trinajstić information content (AvgIpc) is 2.15. The largest absolute Gasteiger partial charge is 0.490 e. The molecule has 0 aliphatic rings. The predicted octanol–water partition coefficient (Wildman–Crippen LogP) is 1.63. The number of nitrogens with two attached hydrogens (primary N) is 1. The highest BCUT2D eigenvalue weighted by Crippen LogP contribution is 2.20. The van der Waals surface area contributed by atoms with Crippen LogP contribution >= 0.6 is 0 Å². The summed E-state index contributed by atoms with van der Waals surface area (Å²) in [6.07, 6.45) is 0. The molecule has 0 saturated carbocycles. The fourth-order valence-electron chi connectivity index (χ4n) is 1.02. The molecule has 0 atom stereocenters. The van der Waals surface area contributed by atoms with Crippen molar-refractivity contribution in [2.24, 2.45) is 5.73 Å². The molecule has 0 spiro atoms. The van der Waals surface area contributed by atoms with Crippen molar-refractivity contribution in [3.8, 4) is 5.75 Å². The van der Waals surface area contributed by atoms with Crippen molar-refractivity contribution in [2.75, 3.05) is 13.3 Å². The highest BCUT2D eigenvalue weighted by Gasteiger charge is 2.06. The molecule has 2 nitrogen and oxygen atoms in total. The number of alkyl halides is 1. The molecule has 2 N–H and O–H groups in total. The van der Waals surface area contributed by atoms with Crippen LogP contribution in [0.2, 0.25) is 0 Å². The van der Waals surface area contributed by atoms with E-state index in [4.69, 9.17) is 10.5 Å². The molecule has 0 radical (unpaired) electrons. The van der Waals surface area contributed by atoms with Crippen LogP contribution in [0.5, 0.6) is 5.75 Å². The summed E-state index contributed by atoms with van der Waals surface area (Å²) in [5.74, 6) is -0.0981. The Hall–Kier alpha value is -1.16. The van der Waals surface area contributed by atoms with Crippen molar-refractivity contribution in [1.82, 2.24) is 0 Å². The Morgan fingerprint density at radius 2 is 2.15 bits per heavy atom. The van der Waals surface area contributed by atoms with Crippen molar-refractivity contribution in [2.45, 2.75) is 6.54 Å². The Bertz CT molecular complexity index is 278. The smallest absolute Gasteiger partial charge is 0.131 e. The number of halogens is 2. The maximum absolute atomic E-state index is 13.0. The molecule has 4 heteroatoms. The zero-order valence-electron chi connectivity index (χ0n) is 7.09. The summed E-state index contributed by atoms with van der Waals surface area (Å²) in [4.78, 5) is 0. The molecule has 1 rings (SSSR count). The monoisotopic (exact) mass is 187 g/mol. The van der Waals surface area contributed by atoms with Gasteiger partial charge in [-0.15, -0.1) is 0 Å². The molecule has 13 heavy (non-hydrogen) atoms. The van der Waals surface area contributed by atoms with Crippen LogP contribution in [0.4, 0.5) is 8.78 Å². The second-order valence-corrected chi connectivity index (χ2v) is 2.46. The van der Waals surface area contributed by atoms with Gasteiger partial charge in [0.15, 0.2) is 0 Å². The van der Waals surface area contributed by atoms with Crippen molar-refractivity contribution < 1.29 is 13.5 Å². The Morgan fingerprint density at radius 1 is 1.38 bits per heavy atom. The first kappa shape index (κ1) is 9.92. The fraction of sp³-hybridized carbons (Fsp3) is 0.333. The first-order valence-corrected chi connectivity index (χ1v) is 3.95. The lowest BCUT2D eigenvalue weighted by molar-refractivity contribution is 0.269. The van der Waals surface area contributed by atoms with E-state index in [1.807, 2.05) is 0 Å². The fourth-order valence-corrected chi connectivity index (χ4v) is 1.02. The van der Waals surface area contributed by atoms with Gasteiger partial charge < -0.3 is 10.5 Å². The summed E-state index contributed by atoms with van der Waals surface area (Å²) in [6, 6.07) is 4.37. The normalized spacial score (nSPS) is 10.1. The Balaban J connectivity index is 2.85. The molecule has 0 heterocycles. The molecule has 0 aliphatic heterocycles. The summed E-state index contributed by atoms with van der Waals surface area (Å²) in [6.45, 7) is -0.620. The molecule has 1 aromatic carbocycles. The van der Waals surface area contributed by atoms with E-state index in [9.17, 15) is 8.78 Å². The molecule has 72 valence electrons. The minimum absolute atomic E-state index is 0.0499. The number of hydrogen-bond acceptors (Lipinski definition) is 2. The van der Waals surface area contributed by atoms with E-state index in [-0.39, 0.29) is 18.7 Å². The van der Waals surface area contributed by atoms with Crippen molar-refractivity contribution in [3.05, 3.63) is 29.6 Å². The SMILES string of the molecule is NCc1c(F)cccc1OCCF. The van der Waals surface area contributed by atoms with E-state index in [1.165, 1.54) is 12.1 Å². The molecule has 0 bridgehead atoms. The zero-order valence-corrected chi connectivity index (χ0v) is 7.09. The third kappa shape index (κ3) is 2.39. The summed E-state index contributed by atoms with van der Waals surface area (Å²) >= 11 is 0. The van der Waals surface area contributed by atoms with Gasteiger partial charge in [-0.25, -0.2) is 8.78 Å². The quantitative estimate of drug-likeness (QED) is 0.777. The highest BCUT2D eigenvalue weighted by molar-refractivity contribution is 5.34. The van der Waals surface area contributed by atoms with Gasteiger partial charge in [-0.1, -0.05) is 6.07 Å². The second-order valence-electron chi connectivity index (χ2n) is 2.46. The van der Waals surface area contributed by atoms with E-state index in [0.717, 1.165) is 0 Å². The van der Waals surface area contributed by atoms with Crippen LogP contribution in [-0.4, -0.2) is 13.3 Å². The average molecular weight is 187 g/mol. The predicted molar refractivity (Wildman–Crippen MR) is 45.8 cm³/mol. The van der Waals surface area contributed by atoms with Gasteiger partial charge >= 0.3 is 0 Å². The maximum atomic E-state index is 13.0. The van der Waals surface area contributed by atoms with Gasteiger partial charge in [-0.3, -0.25) is 0 Å². The van der Waals surface area contributed by atoms with Crippen molar-refractivity contribution in [1.29, 1.82) is 0 Å². The third-order valence-electron chi connectivity index (χ3n) is 1.61. The number of rotatable bonds is 4. The van der Waals surface area contributed by atoms with Crippen LogP contribution < -0.4 is 10.5 Å². The van der Waals surface area contributed by atoms with Gasteiger partial charge in [-0.05, 0) is 12.1 Å². The Morgan fingerprint density at radius 3 is 2.77 bits per heavy atom. The molecule has 0 fully saturated rings. The minimum Gasteiger partial charge on any atom is -0.490 e. The molecule has 0 saturated heterocycles. The molecule has 0 unspecified atom stereocenters. The van der Waals surface area contributed by atoms with Crippen LogP contribution in [0.3, 0.4) is 0 Å². The first-order valence-electron chi connectivity index (χ1n) is 3.95. The molecular weight excluding hydrogens is 176 g/mol. The standard InChI is InChI=1S/C9H11F2NO/c10-4-5-13-9-3-1-2-8(11)7(9)6-12/h1-3H,4-6,12H2. The Kier molecular flexibility index (Phi) is 3.64. The summed E-state index contributed by atoms with van der Waals surface area (Å²) in [5.41, 5.74) is 5.60. The van der Waals surface area contributed by atoms with Crippen molar-refractivity contribution >= 4 is 0 Å². The lowest BCUT2D eigenvalue weighted by Crippen LogP contribution is -2.06. The first-order chi connectivity index (χ1) is 6.29. The number of ether oxygens (including phenoxy) is 1. The summed E-state index contributed by atoms with van der Waals surface area (Å²) in [5, 5.41) is 0. The molecule has 0 amide bonds. The van der Waals surface area contributed by atoms with E-state index in [2.05, 4.69) is 0 Å². The van der Waals surface area contributed by atoms with Gasteiger partial charge in [0.2, 0.25) is 0 Å². The van der Waals surface area contributed by atoms with Gasteiger partial charge in [0.05, 0.1) is 0 Å². The van der Waals surface area contributed by atoms with Crippen LogP contribution in [0.25, 0.3) is 0 Å². The van der Waals surface area contributed by atoms with Crippen LogP contribution in [0.1, 0.15) is 5.56 Å². The number of benzene rings is 1. The summed E-state index contributed by atoms with van der Waals surface area (Å²) in [7, 11) is 0. The second kappa shape index (κ2) is 4.77. The van der Waals surface area contributed by atoms with Gasteiger partial charge in [0.1, 0.15) is 24.8 Å². The van der Waals surface area contributed by atoms with E-state index < -0.39 is 12.5 Å². The van der Waals surface area contributed by atoms with Gasteiger partial charge in [0, 0.05) is 12.1 Å². The van der Waals surface area contributed by atoms with Gasteiger partial charge in [-0.2, -0.15) is 0 Å². The minimum atomic E-state index is -0.597. The van der Waals surface area contributed by atoms with Crippen LogP contribution in [0.15, 0.2) is 18.2 Å². The van der Waals surface area contributed by atoms with Crippen LogP contribution in [-0.2, 0) is 6.54 Å². The van der Waals surface area contributed by atoms with E-state index in [0.29, 0.717) is 5.75 Å².